The smallest absolute Gasteiger partial charge is 0.308 e. The third kappa shape index (κ3) is 4.53. The first kappa shape index (κ1) is 17.9. The molecular formula is C18H26O5. The Morgan fingerprint density at radius 3 is 2.43 bits per heavy atom. The maximum absolute atomic E-state index is 11.6. The van der Waals surface area contributed by atoms with E-state index in [9.17, 15) is 4.79 Å². The number of rotatable bonds is 6. The number of methoxy groups -OCH3 is 2. The van der Waals surface area contributed by atoms with Crippen LogP contribution >= 0.6 is 0 Å². The van der Waals surface area contributed by atoms with Crippen molar-refractivity contribution >= 4 is 5.97 Å². The van der Waals surface area contributed by atoms with Crippen molar-refractivity contribution in [2.75, 3.05) is 14.2 Å². The standard InChI is InChI=1S/C18H26O5/c1-12-15(10-16(19)20-3)23-18(21-4)13(2)17(12)22-11-14-8-6-5-7-9-14/h5-9,12-13,15,17-18H,10-11H2,1-4H3/t12-,13+,15+,17+,18?/m1/s1. The van der Waals surface area contributed by atoms with E-state index in [-0.39, 0.29) is 42.7 Å². The van der Waals surface area contributed by atoms with Gasteiger partial charge in [-0.05, 0) is 5.56 Å². The molecule has 0 saturated carbocycles. The molecule has 0 aliphatic carbocycles. The summed E-state index contributed by atoms with van der Waals surface area (Å²) in [5.41, 5.74) is 1.12. The summed E-state index contributed by atoms with van der Waals surface area (Å²) in [4.78, 5) is 11.6. The number of carbonyl (C=O) groups excluding carboxylic acids is 1. The van der Waals surface area contributed by atoms with Crippen LogP contribution in [0.1, 0.15) is 25.8 Å². The Balaban J connectivity index is 2.05. The second kappa shape index (κ2) is 8.43. The summed E-state index contributed by atoms with van der Waals surface area (Å²) in [5.74, 6) is -0.139. The highest BCUT2D eigenvalue weighted by Gasteiger charge is 2.43. The molecule has 1 aromatic carbocycles. The number of esters is 1. The predicted octanol–water partition coefficient (Wildman–Crippen LogP) is 2.78. The molecule has 0 bridgehead atoms. The summed E-state index contributed by atoms with van der Waals surface area (Å²) >= 11 is 0. The van der Waals surface area contributed by atoms with Crippen LogP contribution in [0.15, 0.2) is 30.3 Å². The van der Waals surface area contributed by atoms with Gasteiger partial charge in [0, 0.05) is 18.9 Å². The zero-order valence-electron chi connectivity index (χ0n) is 14.2. The van der Waals surface area contributed by atoms with Gasteiger partial charge >= 0.3 is 5.97 Å². The van der Waals surface area contributed by atoms with E-state index in [2.05, 4.69) is 6.92 Å². The highest BCUT2D eigenvalue weighted by Crippen LogP contribution is 2.34. The molecule has 0 radical (unpaired) electrons. The summed E-state index contributed by atoms with van der Waals surface area (Å²) in [6.07, 6.45) is -0.510. The minimum atomic E-state index is -0.387. The van der Waals surface area contributed by atoms with Crippen molar-refractivity contribution in [3.05, 3.63) is 35.9 Å². The van der Waals surface area contributed by atoms with Gasteiger partial charge < -0.3 is 18.9 Å². The Bertz CT molecular complexity index is 489. The molecule has 0 amide bonds. The highest BCUT2D eigenvalue weighted by atomic mass is 16.7. The lowest BCUT2D eigenvalue weighted by Gasteiger charge is -2.43. The van der Waals surface area contributed by atoms with Crippen molar-refractivity contribution in [2.45, 2.75) is 45.4 Å². The molecule has 1 unspecified atom stereocenters. The molecule has 5 nitrogen and oxygen atoms in total. The number of hydrogen-bond acceptors (Lipinski definition) is 5. The zero-order chi connectivity index (χ0) is 16.8. The van der Waals surface area contributed by atoms with Crippen LogP contribution < -0.4 is 0 Å². The molecule has 1 heterocycles. The average Bonchev–Trinajstić information content (AvgIpc) is 2.58. The first-order valence-electron chi connectivity index (χ1n) is 7.97. The third-order valence-corrected chi connectivity index (χ3v) is 4.47. The number of hydrogen-bond donors (Lipinski definition) is 0. The van der Waals surface area contributed by atoms with Crippen molar-refractivity contribution < 1.29 is 23.7 Å². The first-order valence-corrected chi connectivity index (χ1v) is 7.97. The zero-order valence-corrected chi connectivity index (χ0v) is 14.2. The normalized spacial score (nSPS) is 30.9. The van der Waals surface area contributed by atoms with Crippen molar-refractivity contribution in [2.24, 2.45) is 11.8 Å². The maximum Gasteiger partial charge on any atom is 0.308 e. The second-order valence-corrected chi connectivity index (χ2v) is 6.04. The molecule has 5 atom stereocenters. The summed E-state index contributed by atoms with van der Waals surface area (Å²) in [7, 11) is 3.00. The molecule has 23 heavy (non-hydrogen) atoms. The largest absolute Gasteiger partial charge is 0.469 e. The van der Waals surface area contributed by atoms with E-state index in [0.29, 0.717) is 6.61 Å². The van der Waals surface area contributed by atoms with Crippen LogP contribution in [0, 0.1) is 11.8 Å². The van der Waals surface area contributed by atoms with Gasteiger partial charge in [0.1, 0.15) is 0 Å². The van der Waals surface area contributed by atoms with Crippen LogP contribution in [0.3, 0.4) is 0 Å². The minimum absolute atomic E-state index is 0.0523. The Hall–Kier alpha value is -1.43. The van der Waals surface area contributed by atoms with Crippen molar-refractivity contribution in [1.29, 1.82) is 0 Å². The fraction of sp³-hybridized carbons (Fsp3) is 0.611. The Kier molecular flexibility index (Phi) is 6.57. The summed E-state index contributed by atoms with van der Waals surface area (Å²) in [6.45, 7) is 4.63. The quantitative estimate of drug-likeness (QED) is 0.754. The fourth-order valence-corrected chi connectivity index (χ4v) is 3.09. The molecule has 1 fully saturated rings. The first-order chi connectivity index (χ1) is 11.1. The molecule has 1 aliphatic heterocycles. The van der Waals surface area contributed by atoms with Gasteiger partial charge in [0.25, 0.3) is 0 Å². The van der Waals surface area contributed by atoms with Crippen LogP contribution in [0.2, 0.25) is 0 Å². The molecule has 1 saturated heterocycles. The van der Waals surface area contributed by atoms with Gasteiger partial charge in [0.05, 0.1) is 32.3 Å². The molecule has 2 rings (SSSR count). The predicted molar refractivity (Wildman–Crippen MR) is 85.7 cm³/mol. The molecule has 0 N–H and O–H groups in total. The number of benzene rings is 1. The van der Waals surface area contributed by atoms with Gasteiger partial charge in [-0.2, -0.15) is 0 Å². The van der Waals surface area contributed by atoms with E-state index in [1.54, 1.807) is 7.11 Å². The van der Waals surface area contributed by atoms with E-state index in [1.807, 2.05) is 37.3 Å². The van der Waals surface area contributed by atoms with Gasteiger partial charge in [-0.3, -0.25) is 4.79 Å². The van der Waals surface area contributed by atoms with E-state index in [1.165, 1.54) is 7.11 Å². The van der Waals surface area contributed by atoms with Gasteiger partial charge in [0.15, 0.2) is 6.29 Å². The lowest BCUT2D eigenvalue weighted by atomic mass is 9.84. The third-order valence-electron chi connectivity index (χ3n) is 4.47. The molecular weight excluding hydrogens is 296 g/mol. The van der Waals surface area contributed by atoms with Gasteiger partial charge in [-0.15, -0.1) is 0 Å². The SMILES string of the molecule is COC(=O)C[C@@H]1OC(OC)[C@@H](C)[C@@H](OCc2ccccc2)[C@@H]1C. The fourth-order valence-electron chi connectivity index (χ4n) is 3.09. The Morgan fingerprint density at radius 1 is 1.13 bits per heavy atom. The van der Waals surface area contributed by atoms with Crippen LogP contribution in [-0.2, 0) is 30.3 Å². The van der Waals surface area contributed by atoms with Gasteiger partial charge in [-0.1, -0.05) is 44.2 Å². The molecule has 0 aromatic heterocycles. The lowest BCUT2D eigenvalue weighted by molar-refractivity contribution is -0.263. The summed E-state index contributed by atoms with van der Waals surface area (Å²) in [6, 6.07) is 10.0. The molecule has 1 aromatic rings. The molecule has 1 aliphatic rings. The van der Waals surface area contributed by atoms with Crippen molar-refractivity contribution in [3.8, 4) is 0 Å². The van der Waals surface area contributed by atoms with Crippen LogP contribution in [0.4, 0.5) is 0 Å². The Labute approximate surface area is 137 Å². The van der Waals surface area contributed by atoms with E-state index in [0.717, 1.165) is 5.56 Å². The lowest BCUT2D eigenvalue weighted by Crippen LogP contribution is -2.51. The number of ether oxygens (including phenoxy) is 4. The number of carbonyl (C=O) groups is 1. The van der Waals surface area contributed by atoms with Crippen LogP contribution in [-0.4, -0.2) is 38.7 Å². The van der Waals surface area contributed by atoms with Crippen LogP contribution in [0.5, 0.6) is 0 Å². The Morgan fingerprint density at radius 2 is 1.83 bits per heavy atom. The van der Waals surface area contributed by atoms with Crippen molar-refractivity contribution in [1.82, 2.24) is 0 Å². The molecule has 5 heteroatoms. The van der Waals surface area contributed by atoms with Gasteiger partial charge in [-0.25, -0.2) is 0 Å². The van der Waals surface area contributed by atoms with Crippen LogP contribution in [0.25, 0.3) is 0 Å². The molecule has 0 spiro atoms. The maximum atomic E-state index is 11.6. The monoisotopic (exact) mass is 322 g/mol. The second-order valence-electron chi connectivity index (χ2n) is 6.04. The summed E-state index contributed by atoms with van der Waals surface area (Å²) in [5, 5.41) is 0. The molecule has 128 valence electrons. The topological polar surface area (TPSA) is 54.0 Å². The minimum Gasteiger partial charge on any atom is -0.469 e. The highest BCUT2D eigenvalue weighted by molar-refractivity contribution is 5.69. The van der Waals surface area contributed by atoms with E-state index >= 15 is 0 Å². The van der Waals surface area contributed by atoms with E-state index < -0.39 is 0 Å². The van der Waals surface area contributed by atoms with Crippen molar-refractivity contribution in [3.63, 3.8) is 0 Å². The van der Waals surface area contributed by atoms with Gasteiger partial charge in [0.2, 0.25) is 0 Å². The average molecular weight is 322 g/mol. The van der Waals surface area contributed by atoms with E-state index in [4.69, 9.17) is 18.9 Å². The summed E-state index contributed by atoms with van der Waals surface area (Å²) < 4.78 is 22.3.